The molecule has 2 aromatic rings. The molecule has 1 aromatic heterocycles. The van der Waals surface area contributed by atoms with Gasteiger partial charge in [0.25, 0.3) is 11.4 Å². The van der Waals surface area contributed by atoms with E-state index >= 15 is 0 Å². The molecule has 0 fully saturated rings. The molecule has 0 saturated heterocycles. The molecule has 0 unspecified atom stereocenters. The van der Waals surface area contributed by atoms with E-state index in [1.165, 1.54) is 18.2 Å². The lowest BCUT2D eigenvalue weighted by Crippen LogP contribution is -2.08. The number of hydrogen-bond acceptors (Lipinski definition) is 7. The number of carbonyl (C=O) groups is 1. The average molecular weight is 357 g/mol. The molecule has 0 bridgehead atoms. The number of nitro benzene ring substituents is 1. The SMILES string of the molecule is CCOC(=O)c1cc([N+](=O)[O-])cnc1/C=C/c1ccc(C)c([N+](=O)[O-])c1. The molecule has 0 aliphatic carbocycles. The molecule has 26 heavy (non-hydrogen) atoms. The van der Waals surface area contributed by atoms with Crippen LogP contribution in [0.4, 0.5) is 11.4 Å². The zero-order valence-corrected chi connectivity index (χ0v) is 14.0. The molecular weight excluding hydrogens is 342 g/mol. The number of pyridine rings is 1. The van der Waals surface area contributed by atoms with Gasteiger partial charge in [-0.25, -0.2) is 9.78 Å². The summed E-state index contributed by atoms with van der Waals surface area (Å²) in [6.45, 7) is 3.35. The Bertz CT molecular complexity index is 907. The van der Waals surface area contributed by atoms with Crippen LogP contribution >= 0.6 is 0 Å². The van der Waals surface area contributed by atoms with Crippen LogP contribution in [0.25, 0.3) is 12.2 Å². The van der Waals surface area contributed by atoms with E-state index in [0.29, 0.717) is 11.1 Å². The molecule has 0 spiro atoms. The van der Waals surface area contributed by atoms with Crippen molar-refractivity contribution in [3.05, 3.63) is 73.1 Å². The van der Waals surface area contributed by atoms with Crippen molar-refractivity contribution < 1.29 is 19.4 Å². The smallest absolute Gasteiger partial charge is 0.340 e. The van der Waals surface area contributed by atoms with Crippen molar-refractivity contribution in [1.29, 1.82) is 0 Å². The van der Waals surface area contributed by atoms with E-state index in [4.69, 9.17) is 4.74 Å². The van der Waals surface area contributed by atoms with Gasteiger partial charge in [-0.3, -0.25) is 20.2 Å². The number of rotatable bonds is 6. The third-order valence-corrected chi connectivity index (χ3v) is 3.47. The fraction of sp³-hybridized carbons (Fsp3) is 0.176. The Morgan fingerprint density at radius 3 is 2.54 bits per heavy atom. The van der Waals surface area contributed by atoms with Crippen molar-refractivity contribution >= 4 is 29.5 Å². The molecule has 9 heteroatoms. The molecule has 1 aromatic carbocycles. The summed E-state index contributed by atoms with van der Waals surface area (Å²) in [5.74, 6) is -0.738. The van der Waals surface area contributed by atoms with Crippen LogP contribution in [0.5, 0.6) is 0 Å². The van der Waals surface area contributed by atoms with Crippen molar-refractivity contribution in [2.75, 3.05) is 6.61 Å². The molecule has 0 aliphatic rings. The first-order valence-electron chi connectivity index (χ1n) is 7.58. The zero-order chi connectivity index (χ0) is 19.3. The number of carbonyl (C=O) groups excluding carboxylic acids is 1. The highest BCUT2D eigenvalue weighted by molar-refractivity contribution is 5.94. The second kappa shape index (κ2) is 7.97. The van der Waals surface area contributed by atoms with E-state index in [1.54, 1.807) is 26.0 Å². The van der Waals surface area contributed by atoms with E-state index in [-0.39, 0.29) is 29.2 Å². The molecule has 0 atom stereocenters. The number of aromatic nitrogens is 1. The summed E-state index contributed by atoms with van der Waals surface area (Å²) in [4.78, 5) is 36.7. The average Bonchev–Trinajstić information content (AvgIpc) is 2.60. The normalized spacial score (nSPS) is 10.7. The fourth-order valence-electron chi connectivity index (χ4n) is 2.17. The third kappa shape index (κ3) is 4.26. The topological polar surface area (TPSA) is 125 Å². The van der Waals surface area contributed by atoms with Gasteiger partial charge in [0.15, 0.2) is 0 Å². The van der Waals surface area contributed by atoms with E-state index < -0.39 is 15.8 Å². The number of aryl methyl sites for hydroxylation is 1. The molecule has 0 radical (unpaired) electrons. The van der Waals surface area contributed by atoms with Crippen molar-refractivity contribution in [2.45, 2.75) is 13.8 Å². The van der Waals surface area contributed by atoms with Crippen molar-refractivity contribution in [3.63, 3.8) is 0 Å². The zero-order valence-electron chi connectivity index (χ0n) is 14.0. The summed E-state index contributed by atoms with van der Waals surface area (Å²) >= 11 is 0. The molecule has 134 valence electrons. The van der Waals surface area contributed by atoms with Crippen molar-refractivity contribution in [1.82, 2.24) is 4.98 Å². The molecule has 0 N–H and O–H groups in total. The van der Waals surface area contributed by atoms with E-state index in [1.807, 2.05) is 0 Å². The first-order valence-corrected chi connectivity index (χ1v) is 7.58. The molecule has 0 amide bonds. The van der Waals surface area contributed by atoms with Crippen LogP contribution in [0.1, 0.15) is 34.1 Å². The number of ether oxygens (including phenoxy) is 1. The van der Waals surface area contributed by atoms with Gasteiger partial charge in [-0.05, 0) is 25.5 Å². The number of esters is 1. The number of hydrogen-bond donors (Lipinski definition) is 0. The largest absolute Gasteiger partial charge is 0.462 e. The highest BCUT2D eigenvalue weighted by atomic mass is 16.6. The van der Waals surface area contributed by atoms with Gasteiger partial charge < -0.3 is 4.74 Å². The predicted octanol–water partition coefficient (Wildman–Crippen LogP) is 3.55. The Morgan fingerprint density at radius 2 is 1.92 bits per heavy atom. The van der Waals surface area contributed by atoms with Crippen molar-refractivity contribution in [2.24, 2.45) is 0 Å². The monoisotopic (exact) mass is 357 g/mol. The fourth-order valence-corrected chi connectivity index (χ4v) is 2.17. The Labute approximate surface area is 148 Å². The number of nitro groups is 2. The third-order valence-electron chi connectivity index (χ3n) is 3.47. The lowest BCUT2D eigenvalue weighted by Gasteiger charge is -2.05. The lowest BCUT2D eigenvalue weighted by molar-refractivity contribution is -0.385. The van der Waals surface area contributed by atoms with Gasteiger partial charge in [0.1, 0.15) is 6.20 Å². The van der Waals surface area contributed by atoms with Crippen LogP contribution in [-0.4, -0.2) is 27.4 Å². The highest BCUT2D eigenvalue weighted by Gasteiger charge is 2.18. The Balaban J connectivity index is 2.43. The first-order chi connectivity index (χ1) is 12.3. The van der Waals surface area contributed by atoms with Gasteiger partial charge in [0, 0.05) is 17.7 Å². The molecule has 1 heterocycles. The summed E-state index contributed by atoms with van der Waals surface area (Å²) in [7, 11) is 0. The van der Waals surface area contributed by atoms with Crippen LogP contribution in [0.2, 0.25) is 0 Å². The van der Waals surface area contributed by atoms with E-state index in [9.17, 15) is 25.0 Å². The van der Waals surface area contributed by atoms with Gasteiger partial charge in [0.2, 0.25) is 0 Å². The maximum atomic E-state index is 12.0. The Hall–Kier alpha value is -3.62. The van der Waals surface area contributed by atoms with Gasteiger partial charge in [0.05, 0.1) is 27.7 Å². The van der Waals surface area contributed by atoms with Gasteiger partial charge in [-0.2, -0.15) is 0 Å². The van der Waals surface area contributed by atoms with Gasteiger partial charge in [-0.15, -0.1) is 0 Å². The Kier molecular flexibility index (Phi) is 5.74. The molecule has 2 rings (SSSR count). The number of benzene rings is 1. The van der Waals surface area contributed by atoms with Gasteiger partial charge >= 0.3 is 5.97 Å². The minimum atomic E-state index is -0.738. The maximum Gasteiger partial charge on any atom is 0.340 e. The summed E-state index contributed by atoms with van der Waals surface area (Å²) in [6.07, 6.45) is 4.01. The lowest BCUT2D eigenvalue weighted by atomic mass is 10.1. The predicted molar refractivity (Wildman–Crippen MR) is 93.6 cm³/mol. The summed E-state index contributed by atoms with van der Waals surface area (Å²) in [6, 6.07) is 5.76. The summed E-state index contributed by atoms with van der Waals surface area (Å²) in [5, 5.41) is 21.9. The highest BCUT2D eigenvalue weighted by Crippen LogP contribution is 2.22. The van der Waals surface area contributed by atoms with Crippen LogP contribution in [-0.2, 0) is 4.74 Å². The Morgan fingerprint density at radius 1 is 1.19 bits per heavy atom. The molecule has 0 aliphatic heterocycles. The minimum absolute atomic E-state index is 0.0329. The summed E-state index contributed by atoms with van der Waals surface area (Å²) < 4.78 is 4.90. The second-order valence-electron chi connectivity index (χ2n) is 5.24. The number of nitrogens with zero attached hydrogens (tertiary/aromatic N) is 3. The van der Waals surface area contributed by atoms with Crippen LogP contribution in [0.15, 0.2) is 30.5 Å². The summed E-state index contributed by atoms with van der Waals surface area (Å²) in [5.41, 5.74) is 0.784. The molecule has 0 saturated carbocycles. The standard InChI is InChI=1S/C17H15N3O6/c1-3-26-17(21)14-9-13(19(22)23)10-18-15(14)7-6-12-5-4-11(2)16(8-12)20(24)25/h4-10H,3H2,1-2H3/b7-6+. The van der Waals surface area contributed by atoms with Crippen molar-refractivity contribution in [3.8, 4) is 0 Å². The van der Waals surface area contributed by atoms with Gasteiger partial charge in [-0.1, -0.05) is 18.2 Å². The quantitative estimate of drug-likeness (QED) is 0.439. The minimum Gasteiger partial charge on any atom is -0.462 e. The first kappa shape index (κ1) is 18.7. The molecular formula is C17H15N3O6. The van der Waals surface area contributed by atoms with Crippen LogP contribution in [0.3, 0.4) is 0 Å². The second-order valence-corrected chi connectivity index (χ2v) is 5.24. The van der Waals surface area contributed by atoms with E-state index in [2.05, 4.69) is 4.98 Å². The van der Waals surface area contributed by atoms with E-state index in [0.717, 1.165) is 12.3 Å². The maximum absolute atomic E-state index is 12.0. The van der Waals surface area contributed by atoms with Crippen LogP contribution in [0, 0.1) is 27.2 Å². The van der Waals surface area contributed by atoms with Crippen LogP contribution < -0.4 is 0 Å². The molecule has 9 nitrogen and oxygen atoms in total.